The average Bonchev–Trinajstić information content (AvgIpc) is 2.47. The molecule has 0 unspecified atom stereocenters. The zero-order valence-corrected chi connectivity index (χ0v) is 14.3. The van der Waals surface area contributed by atoms with Crippen molar-refractivity contribution in [2.24, 2.45) is 5.92 Å². The molecule has 1 saturated heterocycles. The van der Waals surface area contributed by atoms with E-state index in [2.05, 4.69) is 24.5 Å². The van der Waals surface area contributed by atoms with Crippen LogP contribution < -0.4 is 10.6 Å². The van der Waals surface area contributed by atoms with Gasteiger partial charge in [0.15, 0.2) is 0 Å². The number of hydrogen-bond donors (Lipinski definition) is 2. The molecule has 0 bridgehead atoms. The summed E-state index contributed by atoms with van der Waals surface area (Å²) in [6.45, 7) is 7.55. The highest BCUT2D eigenvalue weighted by molar-refractivity contribution is 5.89. The molecular weight excluding hydrogens is 290 g/mol. The summed E-state index contributed by atoms with van der Waals surface area (Å²) in [7, 11) is 0. The van der Waals surface area contributed by atoms with Crippen molar-refractivity contribution in [2.45, 2.75) is 46.1 Å². The Balaban J connectivity index is 1.75. The predicted octanol–water partition coefficient (Wildman–Crippen LogP) is 3.15. The highest BCUT2D eigenvalue weighted by atomic mass is 16.2. The zero-order valence-electron chi connectivity index (χ0n) is 14.3. The monoisotopic (exact) mass is 317 g/mol. The minimum atomic E-state index is -0.178. The van der Waals surface area contributed by atoms with Crippen molar-refractivity contribution in [3.8, 4) is 0 Å². The van der Waals surface area contributed by atoms with Gasteiger partial charge < -0.3 is 15.5 Å². The highest BCUT2D eigenvalue weighted by Crippen LogP contribution is 2.14. The van der Waals surface area contributed by atoms with Gasteiger partial charge in [-0.05, 0) is 43.4 Å². The third kappa shape index (κ3) is 5.58. The second-order valence-corrected chi connectivity index (χ2v) is 6.72. The lowest BCUT2D eigenvalue weighted by molar-refractivity contribution is -0.133. The number of hydrogen-bond acceptors (Lipinski definition) is 2. The standard InChI is InChI=1S/C18H27N3O2/c1-13(2)11-17(22)21-9-7-15(8-10-21)19-18(23)20-16-6-4-5-14(3)12-16/h4-6,12-13,15H,7-11H2,1-3H3,(H2,19,20,23). The molecule has 3 amide bonds. The number of urea groups is 1. The lowest BCUT2D eigenvalue weighted by Crippen LogP contribution is -2.47. The molecule has 5 heteroatoms. The number of rotatable bonds is 4. The van der Waals surface area contributed by atoms with Crippen LogP contribution in [0.15, 0.2) is 24.3 Å². The SMILES string of the molecule is Cc1cccc(NC(=O)NC2CCN(C(=O)CC(C)C)CC2)c1. The first-order valence-electron chi connectivity index (χ1n) is 8.36. The van der Waals surface area contributed by atoms with E-state index in [1.54, 1.807) is 0 Å². The van der Waals surface area contributed by atoms with Crippen molar-refractivity contribution in [1.82, 2.24) is 10.2 Å². The largest absolute Gasteiger partial charge is 0.343 e. The highest BCUT2D eigenvalue weighted by Gasteiger charge is 2.24. The van der Waals surface area contributed by atoms with E-state index < -0.39 is 0 Å². The van der Waals surface area contributed by atoms with Crippen molar-refractivity contribution in [2.75, 3.05) is 18.4 Å². The third-order valence-corrected chi connectivity index (χ3v) is 4.04. The Hall–Kier alpha value is -2.04. The number of benzene rings is 1. The van der Waals surface area contributed by atoms with Crippen LogP contribution in [0.5, 0.6) is 0 Å². The van der Waals surface area contributed by atoms with Gasteiger partial charge in [0.1, 0.15) is 0 Å². The fourth-order valence-electron chi connectivity index (χ4n) is 2.83. The molecule has 0 spiro atoms. The summed E-state index contributed by atoms with van der Waals surface area (Å²) < 4.78 is 0. The van der Waals surface area contributed by atoms with Gasteiger partial charge in [-0.3, -0.25) is 4.79 Å². The number of aryl methyl sites for hydroxylation is 1. The zero-order chi connectivity index (χ0) is 16.8. The normalized spacial score (nSPS) is 15.6. The van der Waals surface area contributed by atoms with Crippen LogP contribution in [-0.2, 0) is 4.79 Å². The maximum atomic E-state index is 12.1. The fraction of sp³-hybridized carbons (Fsp3) is 0.556. The number of nitrogens with zero attached hydrogens (tertiary/aromatic N) is 1. The van der Waals surface area contributed by atoms with Gasteiger partial charge in [-0.1, -0.05) is 26.0 Å². The molecule has 1 fully saturated rings. The van der Waals surface area contributed by atoms with Crippen LogP contribution >= 0.6 is 0 Å². The second-order valence-electron chi connectivity index (χ2n) is 6.72. The number of likely N-dealkylation sites (tertiary alicyclic amines) is 1. The van der Waals surface area contributed by atoms with Gasteiger partial charge in [-0.25, -0.2) is 4.79 Å². The van der Waals surface area contributed by atoms with Crippen molar-refractivity contribution in [3.63, 3.8) is 0 Å². The molecule has 2 N–H and O–H groups in total. The molecule has 0 aromatic heterocycles. The summed E-state index contributed by atoms with van der Waals surface area (Å²) in [5.41, 5.74) is 1.91. The van der Waals surface area contributed by atoms with E-state index in [0.717, 1.165) is 37.2 Å². The predicted molar refractivity (Wildman–Crippen MR) is 92.4 cm³/mol. The van der Waals surface area contributed by atoms with E-state index in [1.807, 2.05) is 36.1 Å². The first kappa shape index (κ1) is 17.3. The molecule has 1 heterocycles. The average molecular weight is 317 g/mol. The van der Waals surface area contributed by atoms with E-state index in [-0.39, 0.29) is 18.0 Å². The number of carbonyl (C=O) groups is 2. The molecule has 126 valence electrons. The summed E-state index contributed by atoms with van der Waals surface area (Å²) in [6.07, 6.45) is 2.22. The minimum Gasteiger partial charge on any atom is -0.343 e. The summed E-state index contributed by atoms with van der Waals surface area (Å²) in [5, 5.41) is 5.86. The molecule has 2 rings (SSSR count). The number of amides is 3. The van der Waals surface area contributed by atoms with E-state index in [1.165, 1.54) is 0 Å². The minimum absolute atomic E-state index is 0.128. The van der Waals surface area contributed by atoms with Crippen LogP contribution in [0.4, 0.5) is 10.5 Å². The Bertz CT molecular complexity index is 549. The number of carbonyl (C=O) groups excluding carboxylic acids is 2. The van der Waals surface area contributed by atoms with Crippen molar-refractivity contribution in [1.29, 1.82) is 0 Å². The van der Waals surface area contributed by atoms with E-state index in [0.29, 0.717) is 12.3 Å². The van der Waals surface area contributed by atoms with Crippen LogP contribution in [-0.4, -0.2) is 36.0 Å². The Kier molecular flexibility index (Phi) is 6.02. The molecule has 1 aromatic rings. The van der Waals surface area contributed by atoms with Crippen LogP contribution in [0.1, 0.15) is 38.7 Å². The Labute approximate surface area is 138 Å². The van der Waals surface area contributed by atoms with Gasteiger partial charge in [-0.2, -0.15) is 0 Å². The topological polar surface area (TPSA) is 61.4 Å². The van der Waals surface area contributed by atoms with E-state index in [4.69, 9.17) is 0 Å². The van der Waals surface area contributed by atoms with Crippen LogP contribution in [0.3, 0.4) is 0 Å². The maximum absolute atomic E-state index is 12.1. The molecule has 1 aromatic carbocycles. The molecule has 0 radical (unpaired) electrons. The number of nitrogens with one attached hydrogen (secondary N) is 2. The van der Waals surface area contributed by atoms with Crippen LogP contribution in [0.25, 0.3) is 0 Å². The molecule has 1 aliphatic rings. The molecule has 0 saturated carbocycles. The Morgan fingerprint density at radius 3 is 2.57 bits per heavy atom. The van der Waals surface area contributed by atoms with Crippen molar-refractivity contribution in [3.05, 3.63) is 29.8 Å². The molecule has 23 heavy (non-hydrogen) atoms. The van der Waals surface area contributed by atoms with Gasteiger partial charge in [0.2, 0.25) is 5.91 Å². The second kappa shape index (κ2) is 7.99. The molecule has 0 aliphatic carbocycles. The van der Waals surface area contributed by atoms with Gasteiger partial charge in [-0.15, -0.1) is 0 Å². The summed E-state index contributed by atoms with van der Waals surface area (Å²) in [5.74, 6) is 0.612. The summed E-state index contributed by atoms with van der Waals surface area (Å²) >= 11 is 0. The number of anilines is 1. The lowest BCUT2D eigenvalue weighted by atomic mass is 10.0. The van der Waals surface area contributed by atoms with E-state index >= 15 is 0 Å². The first-order valence-corrected chi connectivity index (χ1v) is 8.36. The number of piperidine rings is 1. The van der Waals surface area contributed by atoms with E-state index in [9.17, 15) is 9.59 Å². The molecular formula is C18H27N3O2. The van der Waals surface area contributed by atoms with Gasteiger partial charge in [0, 0.05) is 31.2 Å². The van der Waals surface area contributed by atoms with Crippen LogP contribution in [0, 0.1) is 12.8 Å². The smallest absolute Gasteiger partial charge is 0.319 e. The Morgan fingerprint density at radius 2 is 1.96 bits per heavy atom. The fourth-order valence-corrected chi connectivity index (χ4v) is 2.83. The van der Waals surface area contributed by atoms with Crippen molar-refractivity contribution >= 4 is 17.6 Å². The first-order chi connectivity index (χ1) is 10.9. The lowest BCUT2D eigenvalue weighted by Gasteiger charge is -2.32. The van der Waals surface area contributed by atoms with Crippen molar-refractivity contribution < 1.29 is 9.59 Å². The van der Waals surface area contributed by atoms with Gasteiger partial charge >= 0.3 is 6.03 Å². The van der Waals surface area contributed by atoms with Crippen LogP contribution in [0.2, 0.25) is 0 Å². The molecule has 0 atom stereocenters. The van der Waals surface area contributed by atoms with Gasteiger partial charge in [0.05, 0.1) is 0 Å². The summed E-state index contributed by atoms with van der Waals surface area (Å²) in [6, 6.07) is 7.67. The van der Waals surface area contributed by atoms with Gasteiger partial charge in [0.25, 0.3) is 0 Å². The summed E-state index contributed by atoms with van der Waals surface area (Å²) in [4.78, 5) is 26.0. The maximum Gasteiger partial charge on any atom is 0.319 e. The third-order valence-electron chi connectivity index (χ3n) is 4.04. The molecule has 5 nitrogen and oxygen atoms in total. The molecule has 1 aliphatic heterocycles. The Morgan fingerprint density at radius 1 is 1.26 bits per heavy atom. The quantitative estimate of drug-likeness (QED) is 0.896.